The zero-order valence-corrected chi connectivity index (χ0v) is 15.6. The van der Waals surface area contributed by atoms with Crippen LogP contribution in [-0.2, 0) is 11.2 Å². The van der Waals surface area contributed by atoms with Gasteiger partial charge in [0.2, 0.25) is 17.6 Å². The Morgan fingerprint density at radius 1 is 1.26 bits per heavy atom. The maximum absolute atomic E-state index is 12.3. The van der Waals surface area contributed by atoms with Crippen LogP contribution in [0.4, 0.5) is 0 Å². The smallest absolute Gasteiger partial charge is 0.226 e. The Morgan fingerprint density at radius 2 is 2.11 bits per heavy atom. The molecule has 140 valence electrons. The predicted molar refractivity (Wildman–Crippen MR) is 102 cm³/mol. The van der Waals surface area contributed by atoms with Crippen LogP contribution in [0, 0.1) is 0 Å². The lowest BCUT2D eigenvalue weighted by atomic mass is 10.0. The molecule has 0 radical (unpaired) electrons. The summed E-state index contributed by atoms with van der Waals surface area (Å²) in [7, 11) is 0. The topological polar surface area (TPSA) is 88.2 Å². The van der Waals surface area contributed by atoms with Crippen molar-refractivity contribution in [1.29, 1.82) is 0 Å². The number of aliphatic hydroxyl groups excluding tert-OH is 1. The molecule has 6 nitrogen and oxygen atoms in total. The first-order chi connectivity index (χ1) is 13.2. The van der Waals surface area contributed by atoms with Gasteiger partial charge in [0.15, 0.2) is 0 Å². The fourth-order valence-corrected chi connectivity index (χ4v) is 4.23. The number of benzene rings is 1. The summed E-state index contributed by atoms with van der Waals surface area (Å²) in [6.07, 6.45) is 2.37. The third-order valence-electron chi connectivity index (χ3n) is 4.89. The second-order valence-electron chi connectivity index (χ2n) is 6.71. The molecule has 7 heteroatoms. The van der Waals surface area contributed by atoms with Crippen molar-refractivity contribution in [2.45, 2.75) is 37.6 Å². The van der Waals surface area contributed by atoms with E-state index in [4.69, 9.17) is 4.52 Å². The highest BCUT2D eigenvalue weighted by molar-refractivity contribution is 7.13. The van der Waals surface area contributed by atoms with Crippen LogP contribution >= 0.6 is 11.3 Å². The minimum absolute atomic E-state index is 0.00592. The minimum atomic E-state index is -0.0281. The normalized spacial score (nSPS) is 18.4. The van der Waals surface area contributed by atoms with Gasteiger partial charge in [-0.05, 0) is 35.4 Å². The van der Waals surface area contributed by atoms with E-state index in [0.717, 1.165) is 22.4 Å². The van der Waals surface area contributed by atoms with Crippen molar-refractivity contribution >= 4 is 17.2 Å². The molecule has 0 spiro atoms. The number of nitrogens with zero attached hydrogens (tertiary/aromatic N) is 2. The lowest BCUT2D eigenvalue weighted by Crippen LogP contribution is -2.27. The molecule has 4 rings (SSSR count). The molecular formula is C20H21N3O3S. The van der Waals surface area contributed by atoms with Crippen molar-refractivity contribution in [2.75, 3.05) is 6.61 Å². The fraction of sp³-hybridized carbons (Fsp3) is 0.350. The average molecular weight is 383 g/mol. The van der Waals surface area contributed by atoms with Gasteiger partial charge in [0, 0.05) is 18.8 Å². The molecule has 0 aliphatic heterocycles. The number of hydrogen-bond donors (Lipinski definition) is 2. The van der Waals surface area contributed by atoms with Gasteiger partial charge in [-0.15, -0.1) is 11.3 Å². The number of carbonyl (C=O) groups excluding carboxylic acids is 1. The molecule has 0 fully saturated rings. The molecule has 3 aromatic rings. The van der Waals surface area contributed by atoms with E-state index in [9.17, 15) is 9.90 Å². The highest BCUT2D eigenvalue weighted by Gasteiger charge is 2.30. The van der Waals surface area contributed by atoms with E-state index >= 15 is 0 Å². The molecule has 0 unspecified atom stereocenters. The Morgan fingerprint density at radius 3 is 2.89 bits per heavy atom. The number of aromatic nitrogens is 2. The largest absolute Gasteiger partial charge is 0.396 e. The molecule has 0 bridgehead atoms. The SMILES string of the molecule is O=C(CCCc1nc(-c2cccs2)no1)N[C@H]1C[C@@H](CO)c2ccccc21. The van der Waals surface area contributed by atoms with Gasteiger partial charge >= 0.3 is 0 Å². The molecule has 2 heterocycles. The van der Waals surface area contributed by atoms with Crippen molar-refractivity contribution in [3.05, 3.63) is 58.8 Å². The number of fused-ring (bicyclic) bond motifs is 1. The van der Waals surface area contributed by atoms with E-state index in [0.29, 0.717) is 31.0 Å². The zero-order valence-electron chi connectivity index (χ0n) is 14.8. The van der Waals surface area contributed by atoms with Crippen molar-refractivity contribution in [3.8, 4) is 10.7 Å². The van der Waals surface area contributed by atoms with E-state index in [2.05, 4.69) is 15.5 Å². The third kappa shape index (κ3) is 3.94. The van der Waals surface area contributed by atoms with Gasteiger partial charge in [-0.1, -0.05) is 35.5 Å². The van der Waals surface area contributed by atoms with Gasteiger partial charge in [-0.2, -0.15) is 4.98 Å². The summed E-state index contributed by atoms with van der Waals surface area (Å²) in [5, 5.41) is 18.6. The summed E-state index contributed by atoms with van der Waals surface area (Å²) in [6.45, 7) is 0.104. The van der Waals surface area contributed by atoms with Crippen molar-refractivity contribution < 1.29 is 14.4 Å². The molecule has 2 N–H and O–H groups in total. The number of aryl methyl sites for hydroxylation is 1. The van der Waals surface area contributed by atoms with E-state index < -0.39 is 0 Å². The van der Waals surface area contributed by atoms with Crippen LogP contribution in [0.5, 0.6) is 0 Å². The van der Waals surface area contributed by atoms with E-state index in [1.807, 2.05) is 41.8 Å². The standard InChI is InChI=1S/C20H21N3O3S/c24-12-13-11-16(15-6-2-1-5-14(13)15)21-18(25)8-3-9-19-22-20(23-26-19)17-7-4-10-27-17/h1-2,4-7,10,13,16,24H,3,8-9,11-12H2,(H,21,25)/t13-,16-/m0/s1. The van der Waals surface area contributed by atoms with Crippen LogP contribution in [0.25, 0.3) is 10.7 Å². The van der Waals surface area contributed by atoms with E-state index in [1.165, 1.54) is 0 Å². The molecule has 1 aromatic carbocycles. The molecular weight excluding hydrogens is 362 g/mol. The highest BCUT2D eigenvalue weighted by Crippen LogP contribution is 2.39. The van der Waals surface area contributed by atoms with E-state index in [1.54, 1.807) is 11.3 Å². The lowest BCUT2D eigenvalue weighted by molar-refractivity contribution is -0.122. The molecule has 2 aromatic heterocycles. The van der Waals surface area contributed by atoms with Crippen LogP contribution in [0.3, 0.4) is 0 Å². The molecule has 1 aliphatic carbocycles. The summed E-state index contributed by atoms with van der Waals surface area (Å²) >= 11 is 1.57. The number of aliphatic hydroxyl groups is 1. The van der Waals surface area contributed by atoms with Crippen LogP contribution in [0.2, 0.25) is 0 Å². The molecule has 1 aliphatic rings. The van der Waals surface area contributed by atoms with Gasteiger partial charge in [-0.3, -0.25) is 4.79 Å². The van der Waals surface area contributed by atoms with Crippen molar-refractivity contribution in [3.63, 3.8) is 0 Å². The summed E-state index contributed by atoms with van der Waals surface area (Å²) in [4.78, 5) is 17.7. The Balaban J connectivity index is 1.28. The molecule has 1 amide bonds. The first-order valence-corrected chi connectivity index (χ1v) is 9.98. The van der Waals surface area contributed by atoms with Crippen LogP contribution < -0.4 is 5.32 Å². The second kappa shape index (κ2) is 8.02. The van der Waals surface area contributed by atoms with Gasteiger partial charge in [-0.25, -0.2) is 0 Å². The minimum Gasteiger partial charge on any atom is -0.396 e. The number of nitrogens with one attached hydrogen (secondary N) is 1. The van der Waals surface area contributed by atoms with Crippen molar-refractivity contribution in [1.82, 2.24) is 15.5 Å². The van der Waals surface area contributed by atoms with E-state index in [-0.39, 0.29) is 24.5 Å². The van der Waals surface area contributed by atoms with Gasteiger partial charge in [0.05, 0.1) is 17.5 Å². The Kier molecular flexibility index (Phi) is 5.31. The van der Waals surface area contributed by atoms with Gasteiger partial charge in [0.1, 0.15) is 0 Å². The van der Waals surface area contributed by atoms with Crippen molar-refractivity contribution in [2.24, 2.45) is 0 Å². The maximum atomic E-state index is 12.3. The molecule has 0 saturated carbocycles. The predicted octanol–water partition coefficient (Wildman–Crippen LogP) is 3.46. The monoisotopic (exact) mass is 383 g/mol. The van der Waals surface area contributed by atoms with Crippen LogP contribution in [-0.4, -0.2) is 27.8 Å². The first-order valence-electron chi connectivity index (χ1n) is 9.10. The number of rotatable bonds is 7. The first kappa shape index (κ1) is 17.9. The number of amides is 1. The lowest BCUT2D eigenvalue weighted by Gasteiger charge is -2.14. The van der Waals surface area contributed by atoms with Gasteiger partial charge in [0.25, 0.3) is 0 Å². The quantitative estimate of drug-likeness (QED) is 0.652. The second-order valence-corrected chi connectivity index (χ2v) is 7.65. The molecule has 2 atom stereocenters. The van der Waals surface area contributed by atoms with Crippen LogP contribution in [0.15, 0.2) is 46.3 Å². The third-order valence-corrected chi connectivity index (χ3v) is 5.76. The zero-order chi connectivity index (χ0) is 18.6. The molecule has 0 saturated heterocycles. The number of thiophene rings is 1. The summed E-state index contributed by atoms with van der Waals surface area (Å²) < 4.78 is 5.26. The summed E-state index contributed by atoms with van der Waals surface area (Å²) in [5.41, 5.74) is 2.25. The number of hydrogen-bond acceptors (Lipinski definition) is 6. The summed E-state index contributed by atoms with van der Waals surface area (Å²) in [6, 6.07) is 11.9. The Labute approximate surface area is 161 Å². The number of carbonyl (C=O) groups is 1. The maximum Gasteiger partial charge on any atom is 0.226 e. The fourth-order valence-electron chi connectivity index (χ4n) is 3.58. The molecule has 27 heavy (non-hydrogen) atoms. The Bertz CT molecular complexity index is 907. The Hall–Kier alpha value is -2.51. The average Bonchev–Trinajstić information content (AvgIpc) is 3.42. The summed E-state index contributed by atoms with van der Waals surface area (Å²) in [5.74, 6) is 1.26. The van der Waals surface area contributed by atoms with Crippen LogP contribution in [0.1, 0.15) is 48.2 Å². The van der Waals surface area contributed by atoms with Gasteiger partial charge < -0.3 is 14.9 Å². The highest BCUT2D eigenvalue weighted by atomic mass is 32.1.